The molecule has 2 atom stereocenters. The van der Waals surface area contributed by atoms with Gasteiger partial charge in [-0.05, 0) is 37.4 Å². The van der Waals surface area contributed by atoms with Crippen LogP contribution in [0.25, 0.3) is 11.4 Å². The van der Waals surface area contributed by atoms with Crippen molar-refractivity contribution in [3.05, 3.63) is 30.2 Å². The molecule has 1 aromatic heterocycles. The third-order valence-corrected chi connectivity index (χ3v) is 3.93. The monoisotopic (exact) mass is 273 g/mol. The van der Waals surface area contributed by atoms with Gasteiger partial charge >= 0.3 is 0 Å². The van der Waals surface area contributed by atoms with E-state index in [1.165, 1.54) is 12.8 Å². The van der Waals surface area contributed by atoms with Crippen LogP contribution >= 0.6 is 0 Å². The summed E-state index contributed by atoms with van der Waals surface area (Å²) in [5, 5.41) is 16.9. The standard InChI is InChI=1S/C15H19N3O2/c1-2-10-6-7-16-13(8-10)15-17-14(18-20-15)11-4-3-5-12(19)9-11/h3-5,9-10,13,16,19H,2,6-8H2,1H3. The van der Waals surface area contributed by atoms with Gasteiger partial charge in [-0.25, -0.2) is 0 Å². The molecule has 2 N–H and O–H groups in total. The summed E-state index contributed by atoms with van der Waals surface area (Å²) in [7, 11) is 0. The number of phenolic OH excluding ortho intramolecular Hbond substituents is 1. The van der Waals surface area contributed by atoms with Crippen molar-refractivity contribution in [3.63, 3.8) is 0 Å². The maximum atomic E-state index is 9.50. The maximum Gasteiger partial charge on any atom is 0.244 e. The predicted molar refractivity (Wildman–Crippen MR) is 75.2 cm³/mol. The van der Waals surface area contributed by atoms with Gasteiger partial charge in [0.1, 0.15) is 5.75 Å². The molecule has 1 aliphatic heterocycles. The number of hydrogen-bond donors (Lipinski definition) is 2. The second kappa shape index (κ2) is 5.63. The van der Waals surface area contributed by atoms with Crippen LogP contribution in [0, 0.1) is 5.92 Å². The number of nitrogens with zero attached hydrogens (tertiary/aromatic N) is 2. The lowest BCUT2D eigenvalue weighted by molar-refractivity contribution is 0.246. The number of hydrogen-bond acceptors (Lipinski definition) is 5. The zero-order valence-corrected chi connectivity index (χ0v) is 11.5. The zero-order chi connectivity index (χ0) is 13.9. The molecular formula is C15H19N3O2. The van der Waals surface area contributed by atoms with Crippen LogP contribution < -0.4 is 5.32 Å². The van der Waals surface area contributed by atoms with Gasteiger partial charge in [-0.2, -0.15) is 4.98 Å². The molecule has 1 aliphatic rings. The SMILES string of the molecule is CCC1CCNC(c2nc(-c3cccc(O)c3)no2)C1. The zero-order valence-electron chi connectivity index (χ0n) is 11.5. The fraction of sp³-hybridized carbons (Fsp3) is 0.467. The van der Waals surface area contributed by atoms with Crippen LogP contribution in [0.2, 0.25) is 0 Å². The summed E-state index contributed by atoms with van der Waals surface area (Å²) in [5.74, 6) is 2.09. The minimum atomic E-state index is 0.146. The summed E-state index contributed by atoms with van der Waals surface area (Å²) in [4.78, 5) is 4.46. The van der Waals surface area contributed by atoms with Gasteiger partial charge in [-0.1, -0.05) is 30.6 Å². The lowest BCUT2D eigenvalue weighted by atomic mass is 9.90. The van der Waals surface area contributed by atoms with Crippen molar-refractivity contribution in [1.29, 1.82) is 0 Å². The number of phenols is 1. The Morgan fingerprint density at radius 1 is 1.45 bits per heavy atom. The number of aromatic hydroxyl groups is 1. The van der Waals surface area contributed by atoms with E-state index in [1.807, 2.05) is 6.07 Å². The topological polar surface area (TPSA) is 71.2 Å². The van der Waals surface area contributed by atoms with E-state index >= 15 is 0 Å². The highest BCUT2D eigenvalue weighted by molar-refractivity contribution is 5.56. The normalized spacial score (nSPS) is 22.9. The first kappa shape index (κ1) is 13.1. The highest BCUT2D eigenvalue weighted by atomic mass is 16.5. The Bertz CT molecular complexity index is 582. The van der Waals surface area contributed by atoms with Crippen molar-refractivity contribution in [3.8, 4) is 17.1 Å². The lowest BCUT2D eigenvalue weighted by Gasteiger charge is -2.27. The summed E-state index contributed by atoms with van der Waals surface area (Å²) < 4.78 is 5.39. The van der Waals surface area contributed by atoms with Crippen molar-refractivity contribution in [2.24, 2.45) is 5.92 Å². The smallest absolute Gasteiger partial charge is 0.244 e. The Kier molecular flexibility index (Phi) is 3.69. The van der Waals surface area contributed by atoms with E-state index in [9.17, 15) is 5.11 Å². The van der Waals surface area contributed by atoms with Crippen molar-refractivity contribution in [1.82, 2.24) is 15.5 Å². The van der Waals surface area contributed by atoms with E-state index in [0.717, 1.165) is 24.4 Å². The van der Waals surface area contributed by atoms with Gasteiger partial charge in [0.25, 0.3) is 0 Å². The third kappa shape index (κ3) is 2.67. The van der Waals surface area contributed by atoms with Gasteiger partial charge in [0.05, 0.1) is 6.04 Å². The first-order valence-electron chi connectivity index (χ1n) is 7.12. The highest BCUT2D eigenvalue weighted by Crippen LogP contribution is 2.29. The maximum absolute atomic E-state index is 9.50. The molecule has 5 nitrogen and oxygen atoms in total. The van der Waals surface area contributed by atoms with Crippen LogP contribution in [0.1, 0.15) is 38.1 Å². The molecular weight excluding hydrogens is 254 g/mol. The third-order valence-electron chi connectivity index (χ3n) is 3.93. The molecule has 3 rings (SSSR count). The summed E-state index contributed by atoms with van der Waals surface area (Å²) in [6.45, 7) is 3.21. The molecule has 106 valence electrons. The van der Waals surface area contributed by atoms with Crippen LogP contribution in [0.15, 0.2) is 28.8 Å². The quantitative estimate of drug-likeness (QED) is 0.899. The second-order valence-corrected chi connectivity index (χ2v) is 5.31. The van der Waals surface area contributed by atoms with Crippen LogP contribution in [-0.2, 0) is 0 Å². The molecule has 2 unspecified atom stereocenters. The molecule has 0 aliphatic carbocycles. The van der Waals surface area contributed by atoms with Gasteiger partial charge in [-0.15, -0.1) is 0 Å². The van der Waals surface area contributed by atoms with Gasteiger partial charge in [0.2, 0.25) is 11.7 Å². The second-order valence-electron chi connectivity index (χ2n) is 5.31. The van der Waals surface area contributed by atoms with Crippen LogP contribution in [0.5, 0.6) is 5.75 Å². The summed E-state index contributed by atoms with van der Waals surface area (Å²) in [5.41, 5.74) is 0.767. The van der Waals surface area contributed by atoms with Crippen molar-refractivity contribution in [2.45, 2.75) is 32.2 Å². The molecule has 1 saturated heterocycles. The van der Waals surface area contributed by atoms with E-state index in [1.54, 1.807) is 18.2 Å². The summed E-state index contributed by atoms with van der Waals surface area (Å²) in [6.07, 6.45) is 3.43. The Morgan fingerprint density at radius 2 is 2.35 bits per heavy atom. The minimum Gasteiger partial charge on any atom is -0.508 e. The van der Waals surface area contributed by atoms with Crippen LogP contribution in [0.3, 0.4) is 0 Å². The molecule has 0 bridgehead atoms. The summed E-state index contributed by atoms with van der Waals surface area (Å²) >= 11 is 0. The van der Waals surface area contributed by atoms with Crippen molar-refractivity contribution in [2.75, 3.05) is 6.54 Å². The molecule has 2 aromatic rings. The van der Waals surface area contributed by atoms with Crippen LogP contribution in [-0.4, -0.2) is 21.8 Å². The van der Waals surface area contributed by atoms with Crippen molar-refractivity contribution < 1.29 is 9.63 Å². The van der Waals surface area contributed by atoms with E-state index < -0.39 is 0 Å². The minimum absolute atomic E-state index is 0.146. The van der Waals surface area contributed by atoms with Gasteiger partial charge in [0.15, 0.2) is 0 Å². The van der Waals surface area contributed by atoms with E-state index in [4.69, 9.17) is 4.52 Å². The first-order valence-corrected chi connectivity index (χ1v) is 7.12. The molecule has 5 heteroatoms. The van der Waals surface area contributed by atoms with E-state index in [-0.39, 0.29) is 11.8 Å². The number of benzene rings is 1. The highest BCUT2D eigenvalue weighted by Gasteiger charge is 2.26. The van der Waals surface area contributed by atoms with Gasteiger partial charge < -0.3 is 14.9 Å². The van der Waals surface area contributed by atoms with Crippen molar-refractivity contribution >= 4 is 0 Å². The Balaban J connectivity index is 1.80. The average molecular weight is 273 g/mol. The molecule has 2 heterocycles. The molecule has 0 amide bonds. The largest absolute Gasteiger partial charge is 0.508 e. The van der Waals surface area contributed by atoms with Gasteiger partial charge in [0, 0.05) is 5.56 Å². The first-order chi connectivity index (χ1) is 9.76. The van der Waals surface area contributed by atoms with E-state index in [2.05, 4.69) is 22.4 Å². The molecule has 1 aromatic carbocycles. The Labute approximate surface area is 118 Å². The Hall–Kier alpha value is -1.88. The van der Waals surface area contributed by atoms with Gasteiger partial charge in [-0.3, -0.25) is 0 Å². The average Bonchev–Trinajstić information content (AvgIpc) is 2.97. The molecule has 20 heavy (non-hydrogen) atoms. The number of rotatable bonds is 3. The number of piperidine rings is 1. The van der Waals surface area contributed by atoms with E-state index in [0.29, 0.717) is 11.7 Å². The number of nitrogens with one attached hydrogen (secondary N) is 1. The van der Waals surface area contributed by atoms with Crippen LogP contribution in [0.4, 0.5) is 0 Å². The molecule has 1 fully saturated rings. The predicted octanol–water partition coefficient (Wildman–Crippen LogP) is 2.89. The molecule has 0 spiro atoms. The Morgan fingerprint density at radius 3 is 3.15 bits per heavy atom. The fourth-order valence-electron chi connectivity index (χ4n) is 2.69. The lowest BCUT2D eigenvalue weighted by Crippen LogP contribution is -2.31. The number of aromatic nitrogens is 2. The molecule has 0 saturated carbocycles. The fourth-order valence-corrected chi connectivity index (χ4v) is 2.69. The summed E-state index contributed by atoms with van der Waals surface area (Å²) in [6, 6.07) is 7.04. The molecule has 0 radical (unpaired) electrons.